The van der Waals surface area contributed by atoms with E-state index in [1.165, 1.54) is 13.8 Å². The van der Waals surface area contributed by atoms with Crippen LogP contribution in [0.5, 0.6) is 0 Å². The third-order valence-corrected chi connectivity index (χ3v) is 2.51. The first kappa shape index (κ1) is 11.2. The molecule has 0 aromatic carbocycles. The third-order valence-electron chi connectivity index (χ3n) is 1.16. The van der Waals surface area contributed by atoms with E-state index < -0.39 is 21.7 Å². The van der Waals surface area contributed by atoms with Crippen LogP contribution < -0.4 is 0 Å². The van der Waals surface area contributed by atoms with E-state index in [0.717, 1.165) is 0 Å². The summed E-state index contributed by atoms with van der Waals surface area (Å²) < 4.78 is 26.1. The second-order valence-electron chi connectivity index (χ2n) is 2.36. The van der Waals surface area contributed by atoms with Gasteiger partial charge in [-0.15, -0.1) is 0 Å². The number of carbonyl (C=O) groups is 1. The number of rotatable bonds is 4. The van der Waals surface area contributed by atoms with Gasteiger partial charge in [0.2, 0.25) is 0 Å². The van der Waals surface area contributed by atoms with Gasteiger partial charge in [-0.05, 0) is 6.92 Å². The molecule has 0 aliphatic carbocycles. The van der Waals surface area contributed by atoms with Crippen molar-refractivity contribution in [1.82, 2.24) is 0 Å². The number of sulfone groups is 1. The van der Waals surface area contributed by atoms with E-state index in [9.17, 15) is 13.2 Å². The van der Waals surface area contributed by atoms with E-state index in [1.807, 2.05) is 0 Å². The molecule has 70 valence electrons. The van der Waals surface area contributed by atoms with Gasteiger partial charge < -0.3 is 4.74 Å². The van der Waals surface area contributed by atoms with Gasteiger partial charge in [-0.2, -0.15) is 0 Å². The predicted molar refractivity (Wildman–Crippen MR) is 45.2 cm³/mol. The molecule has 0 aliphatic heterocycles. The Labute approximate surface area is 72.1 Å². The summed E-state index contributed by atoms with van der Waals surface area (Å²) in [5.41, 5.74) is 0.196. The lowest BCUT2D eigenvalue weighted by Crippen LogP contribution is -2.16. The monoisotopic (exact) mass is 192 g/mol. The zero-order chi connectivity index (χ0) is 9.78. The number of hydrogen-bond donors (Lipinski definition) is 0. The Hall–Kier alpha value is -0.840. The Morgan fingerprint density at radius 3 is 2.33 bits per heavy atom. The van der Waals surface area contributed by atoms with Gasteiger partial charge in [0.25, 0.3) is 0 Å². The highest BCUT2D eigenvalue weighted by atomic mass is 32.2. The van der Waals surface area contributed by atoms with Crippen LogP contribution in [0.4, 0.5) is 0 Å². The van der Waals surface area contributed by atoms with Crippen LogP contribution in [-0.4, -0.2) is 26.1 Å². The van der Waals surface area contributed by atoms with Crippen LogP contribution >= 0.6 is 0 Å². The van der Waals surface area contributed by atoms with Crippen molar-refractivity contribution in [1.29, 1.82) is 0 Å². The molecule has 12 heavy (non-hydrogen) atoms. The smallest absolute Gasteiger partial charge is 0.334 e. The molecule has 0 radical (unpaired) electrons. The lowest BCUT2D eigenvalue weighted by atomic mass is 10.4. The highest BCUT2D eigenvalue weighted by molar-refractivity contribution is 7.91. The fraction of sp³-hybridized carbons (Fsp3) is 0.571. The molecule has 0 fully saturated rings. The first-order chi connectivity index (χ1) is 5.39. The molecule has 0 rings (SSSR count). The molecule has 0 spiro atoms. The first-order valence-corrected chi connectivity index (χ1v) is 5.24. The topological polar surface area (TPSA) is 60.4 Å². The van der Waals surface area contributed by atoms with Crippen molar-refractivity contribution >= 4 is 15.8 Å². The molecule has 0 aliphatic rings. The van der Waals surface area contributed by atoms with Crippen LogP contribution in [0.15, 0.2) is 12.2 Å². The zero-order valence-electron chi connectivity index (χ0n) is 7.16. The van der Waals surface area contributed by atoms with Crippen molar-refractivity contribution < 1.29 is 17.9 Å². The lowest BCUT2D eigenvalue weighted by molar-refractivity contribution is -0.136. The third kappa shape index (κ3) is 4.12. The van der Waals surface area contributed by atoms with Crippen molar-refractivity contribution in [3.63, 3.8) is 0 Å². The molecular weight excluding hydrogens is 180 g/mol. The molecular formula is C7H12O4S. The average Bonchev–Trinajstić information content (AvgIpc) is 2.00. The molecule has 0 heterocycles. The normalized spacial score (nSPS) is 10.8. The van der Waals surface area contributed by atoms with Gasteiger partial charge in [0.15, 0.2) is 15.8 Å². The van der Waals surface area contributed by atoms with Gasteiger partial charge in [-0.3, -0.25) is 0 Å². The largest absolute Gasteiger partial charge is 0.446 e. The average molecular weight is 192 g/mol. The van der Waals surface area contributed by atoms with E-state index in [4.69, 9.17) is 0 Å². The van der Waals surface area contributed by atoms with Crippen LogP contribution in [-0.2, 0) is 19.4 Å². The molecule has 0 aromatic heterocycles. The van der Waals surface area contributed by atoms with Crippen LogP contribution in [0.2, 0.25) is 0 Å². The summed E-state index contributed by atoms with van der Waals surface area (Å²) in [5.74, 6) is -1.27. The minimum absolute atomic E-state index is 0.0313. The Bertz CT molecular complexity index is 276. The molecule has 0 bridgehead atoms. The van der Waals surface area contributed by atoms with Crippen molar-refractivity contribution in [2.24, 2.45) is 0 Å². The van der Waals surface area contributed by atoms with Crippen LogP contribution in [0.3, 0.4) is 0 Å². The molecule has 0 unspecified atom stereocenters. The molecule has 0 amide bonds. The first-order valence-electron chi connectivity index (χ1n) is 3.42. The van der Waals surface area contributed by atoms with Gasteiger partial charge in [0.1, 0.15) is 0 Å². The van der Waals surface area contributed by atoms with E-state index in [2.05, 4.69) is 11.3 Å². The highest BCUT2D eigenvalue weighted by Gasteiger charge is 2.11. The Morgan fingerprint density at radius 2 is 2.00 bits per heavy atom. The minimum Gasteiger partial charge on any atom is -0.446 e. The minimum atomic E-state index is -3.23. The van der Waals surface area contributed by atoms with Gasteiger partial charge in [-0.25, -0.2) is 13.2 Å². The van der Waals surface area contributed by atoms with Crippen LogP contribution in [0.1, 0.15) is 13.8 Å². The number of esters is 1. The van der Waals surface area contributed by atoms with E-state index in [-0.39, 0.29) is 11.3 Å². The fourth-order valence-corrected chi connectivity index (χ4v) is 0.803. The Balaban J connectivity index is 4.02. The van der Waals surface area contributed by atoms with Gasteiger partial charge in [0, 0.05) is 5.57 Å². The van der Waals surface area contributed by atoms with E-state index >= 15 is 0 Å². The molecule has 0 N–H and O–H groups in total. The maximum Gasteiger partial charge on any atom is 0.334 e. The number of hydrogen-bond acceptors (Lipinski definition) is 4. The maximum absolute atomic E-state index is 10.8. The zero-order valence-corrected chi connectivity index (χ0v) is 7.98. The summed E-state index contributed by atoms with van der Waals surface area (Å²) >= 11 is 0. The molecule has 0 atom stereocenters. The van der Waals surface area contributed by atoms with E-state index in [0.29, 0.717) is 0 Å². The van der Waals surface area contributed by atoms with Gasteiger partial charge in [0.05, 0.1) is 5.75 Å². The maximum atomic E-state index is 10.8. The summed E-state index contributed by atoms with van der Waals surface area (Å²) in [5, 5.41) is 0. The summed E-state index contributed by atoms with van der Waals surface area (Å²) in [6.45, 7) is 6.26. The van der Waals surface area contributed by atoms with Crippen molar-refractivity contribution in [2.75, 3.05) is 11.7 Å². The summed E-state index contributed by atoms with van der Waals surface area (Å²) in [6.07, 6.45) is 0. The Morgan fingerprint density at radius 1 is 1.50 bits per heavy atom. The molecule has 0 aromatic rings. The summed E-state index contributed by atoms with van der Waals surface area (Å²) in [6, 6.07) is 0. The fourth-order valence-electron chi connectivity index (χ4n) is 0.350. The lowest BCUT2D eigenvalue weighted by Gasteiger charge is -2.02. The van der Waals surface area contributed by atoms with E-state index in [1.54, 1.807) is 0 Å². The highest BCUT2D eigenvalue weighted by Crippen LogP contribution is 1.96. The van der Waals surface area contributed by atoms with Gasteiger partial charge in [-0.1, -0.05) is 13.5 Å². The Kier molecular flexibility index (Phi) is 3.95. The van der Waals surface area contributed by atoms with Gasteiger partial charge >= 0.3 is 5.97 Å². The number of carbonyl (C=O) groups excluding carboxylic acids is 1. The molecule has 5 heteroatoms. The van der Waals surface area contributed by atoms with Crippen LogP contribution in [0, 0.1) is 0 Å². The number of ether oxygens (including phenoxy) is 1. The van der Waals surface area contributed by atoms with Crippen LogP contribution in [0.25, 0.3) is 0 Å². The standard InChI is InChI=1S/C7H12O4S/c1-4-12(9,10)5-11-7(8)6(2)3/h2,4-5H2,1,3H3. The molecule has 4 nitrogen and oxygen atoms in total. The SMILES string of the molecule is C=C(C)C(=O)OCS(=O)(=O)CC. The second kappa shape index (κ2) is 4.25. The van der Waals surface area contributed by atoms with Crippen molar-refractivity contribution in [3.05, 3.63) is 12.2 Å². The van der Waals surface area contributed by atoms with Crippen molar-refractivity contribution in [2.45, 2.75) is 13.8 Å². The summed E-state index contributed by atoms with van der Waals surface area (Å²) in [7, 11) is -3.23. The summed E-state index contributed by atoms with van der Waals surface area (Å²) in [4.78, 5) is 10.7. The predicted octanol–water partition coefficient (Wildman–Crippen LogP) is 0.498. The van der Waals surface area contributed by atoms with Crippen molar-refractivity contribution in [3.8, 4) is 0 Å². The molecule has 0 saturated heterocycles. The quantitative estimate of drug-likeness (QED) is 0.480. The molecule has 0 saturated carbocycles. The second-order valence-corrected chi connectivity index (χ2v) is 4.66.